The normalized spacial score (nSPS) is 34.7. The van der Waals surface area contributed by atoms with Gasteiger partial charge < -0.3 is 24.1 Å². The fourth-order valence-electron chi connectivity index (χ4n) is 5.16. The Morgan fingerprint density at radius 1 is 1.25 bits per heavy atom. The summed E-state index contributed by atoms with van der Waals surface area (Å²) in [7, 11) is 3.06. The van der Waals surface area contributed by atoms with E-state index < -0.39 is 6.10 Å². The minimum atomic E-state index is -0.522. The quantitative estimate of drug-likeness (QED) is 0.283. The minimum absolute atomic E-state index is 0.0433. The maximum Gasteiger partial charge on any atom is 0.308 e. The van der Waals surface area contributed by atoms with Crippen molar-refractivity contribution in [1.29, 1.82) is 0 Å². The summed E-state index contributed by atoms with van der Waals surface area (Å²) < 4.78 is 22.6. The molecule has 2 rings (SSSR count). The summed E-state index contributed by atoms with van der Waals surface area (Å²) in [5.41, 5.74) is 0.993. The fraction of sp³-hybridized carbons (Fsp3) is 0.808. The standard InChI is InChI=1S/C26H44O6/c1-16(15-26(6)25(32-26)19(4)24(30-8)20(5)27)10-9-11-17(2)21-13-12-18(3)22(31-21)14-23(28)29-7/h9-11,16,18-22,24-25,27H,12-15H2,1-8H3/b10-9+,17-11+/t16-,18-,19-,20-,21+,22+,24-,25-,26-/m1/s1. The molecule has 1 N–H and O–H groups in total. The van der Waals surface area contributed by atoms with Crippen molar-refractivity contribution in [2.45, 2.75) is 103 Å². The third kappa shape index (κ3) is 7.14. The molecule has 2 aliphatic heterocycles. The van der Waals surface area contributed by atoms with Gasteiger partial charge in [0.05, 0.1) is 49.7 Å². The molecule has 0 aromatic heterocycles. The van der Waals surface area contributed by atoms with Crippen LogP contribution in [0.15, 0.2) is 23.8 Å². The first kappa shape index (κ1) is 27.0. The Hall–Kier alpha value is -1.21. The number of carbonyl (C=O) groups is 1. The molecule has 0 radical (unpaired) electrons. The van der Waals surface area contributed by atoms with E-state index in [2.05, 4.69) is 52.8 Å². The van der Waals surface area contributed by atoms with Crippen molar-refractivity contribution in [3.05, 3.63) is 23.8 Å². The van der Waals surface area contributed by atoms with Gasteiger partial charge >= 0.3 is 5.97 Å². The first-order chi connectivity index (χ1) is 15.0. The van der Waals surface area contributed by atoms with Gasteiger partial charge in [0.2, 0.25) is 0 Å². The van der Waals surface area contributed by atoms with E-state index >= 15 is 0 Å². The molecule has 184 valence electrons. The Morgan fingerprint density at radius 3 is 2.53 bits per heavy atom. The molecule has 6 heteroatoms. The van der Waals surface area contributed by atoms with Crippen LogP contribution in [-0.4, -0.2) is 61.4 Å². The number of carbonyl (C=O) groups excluding carboxylic acids is 1. The highest BCUT2D eigenvalue weighted by Gasteiger charge is 2.56. The van der Waals surface area contributed by atoms with Gasteiger partial charge in [-0.3, -0.25) is 4.79 Å². The second-order valence-corrected chi connectivity index (χ2v) is 10.1. The van der Waals surface area contributed by atoms with E-state index in [1.807, 2.05) is 0 Å². The Labute approximate surface area is 194 Å². The maximum atomic E-state index is 11.7. The number of aliphatic hydroxyl groups is 1. The number of ether oxygens (including phenoxy) is 4. The molecular formula is C26H44O6. The van der Waals surface area contributed by atoms with Gasteiger partial charge in [-0.2, -0.15) is 0 Å². The lowest BCUT2D eigenvalue weighted by Gasteiger charge is -2.35. The highest BCUT2D eigenvalue weighted by Crippen LogP contribution is 2.47. The van der Waals surface area contributed by atoms with E-state index in [0.29, 0.717) is 18.3 Å². The topological polar surface area (TPSA) is 77.5 Å². The molecule has 0 bridgehead atoms. The van der Waals surface area contributed by atoms with E-state index in [-0.39, 0.29) is 41.9 Å². The van der Waals surface area contributed by atoms with Crippen molar-refractivity contribution in [2.24, 2.45) is 17.8 Å². The Kier molecular flexibility index (Phi) is 9.95. The minimum Gasteiger partial charge on any atom is -0.469 e. The number of rotatable bonds is 11. The maximum absolute atomic E-state index is 11.7. The molecule has 32 heavy (non-hydrogen) atoms. The Bertz CT molecular complexity index is 671. The van der Waals surface area contributed by atoms with Gasteiger partial charge in [-0.25, -0.2) is 0 Å². The molecule has 2 heterocycles. The van der Waals surface area contributed by atoms with Crippen LogP contribution in [0.5, 0.6) is 0 Å². The van der Waals surface area contributed by atoms with Crippen LogP contribution in [-0.2, 0) is 23.7 Å². The molecule has 2 saturated heterocycles. The second kappa shape index (κ2) is 11.8. The van der Waals surface area contributed by atoms with Gasteiger partial charge in [-0.15, -0.1) is 0 Å². The molecule has 0 saturated carbocycles. The lowest BCUT2D eigenvalue weighted by atomic mass is 9.85. The molecule has 9 atom stereocenters. The van der Waals surface area contributed by atoms with Gasteiger partial charge in [0, 0.05) is 13.0 Å². The van der Waals surface area contributed by atoms with Crippen molar-refractivity contribution in [1.82, 2.24) is 0 Å². The Morgan fingerprint density at radius 2 is 1.94 bits per heavy atom. The van der Waals surface area contributed by atoms with Crippen LogP contribution in [0, 0.1) is 17.8 Å². The largest absolute Gasteiger partial charge is 0.469 e. The van der Waals surface area contributed by atoms with Crippen molar-refractivity contribution in [3.8, 4) is 0 Å². The average molecular weight is 453 g/mol. The van der Waals surface area contributed by atoms with Crippen LogP contribution in [0.2, 0.25) is 0 Å². The molecule has 0 aliphatic carbocycles. The van der Waals surface area contributed by atoms with Crippen LogP contribution in [0.3, 0.4) is 0 Å². The summed E-state index contributed by atoms with van der Waals surface area (Å²) in [5.74, 6) is 0.627. The number of esters is 1. The van der Waals surface area contributed by atoms with Gasteiger partial charge in [0.25, 0.3) is 0 Å². The first-order valence-corrected chi connectivity index (χ1v) is 12.0. The van der Waals surface area contributed by atoms with Crippen LogP contribution in [0.1, 0.15) is 67.2 Å². The summed E-state index contributed by atoms with van der Waals surface area (Å²) in [4.78, 5) is 11.7. The van der Waals surface area contributed by atoms with E-state index in [4.69, 9.17) is 18.9 Å². The highest BCUT2D eigenvalue weighted by molar-refractivity contribution is 5.69. The van der Waals surface area contributed by atoms with Crippen molar-refractivity contribution < 1.29 is 28.8 Å². The van der Waals surface area contributed by atoms with Gasteiger partial charge in [0.15, 0.2) is 0 Å². The molecule has 2 fully saturated rings. The molecule has 0 spiro atoms. The molecule has 0 unspecified atom stereocenters. The second-order valence-electron chi connectivity index (χ2n) is 10.1. The average Bonchev–Trinajstić information content (AvgIpc) is 3.39. The summed E-state index contributed by atoms with van der Waals surface area (Å²) >= 11 is 0. The van der Waals surface area contributed by atoms with E-state index in [9.17, 15) is 9.90 Å². The highest BCUT2D eigenvalue weighted by atomic mass is 16.6. The van der Waals surface area contributed by atoms with E-state index in [1.54, 1.807) is 14.0 Å². The smallest absolute Gasteiger partial charge is 0.308 e. The van der Waals surface area contributed by atoms with Crippen molar-refractivity contribution in [3.63, 3.8) is 0 Å². The summed E-state index contributed by atoms with van der Waals surface area (Å²) in [6.45, 7) is 12.4. The molecule has 6 nitrogen and oxygen atoms in total. The number of hydrogen-bond donors (Lipinski definition) is 1. The number of hydrogen-bond acceptors (Lipinski definition) is 6. The molecule has 0 aromatic rings. The molecule has 2 aliphatic rings. The predicted molar refractivity (Wildman–Crippen MR) is 125 cm³/mol. The third-order valence-corrected chi connectivity index (χ3v) is 7.17. The number of methoxy groups -OCH3 is 2. The van der Waals surface area contributed by atoms with Gasteiger partial charge in [-0.1, -0.05) is 39.0 Å². The van der Waals surface area contributed by atoms with Crippen molar-refractivity contribution in [2.75, 3.05) is 14.2 Å². The molecule has 0 aromatic carbocycles. The summed E-state index contributed by atoms with van der Waals surface area (Å²) in [5, 5.41) is 9.94. The zero-order valence-electron chi connectivity index (χ0n) is 21.2. The fourth-order valence-corrected chi connectivity index (χ4v) is 5.16. The van der Waals surface area contributed by atoms with Crippen molar-refractivity contribution >= 4 is 5.97 Å². The molecule has 0 amide bonds. The number of epoxide rings is 1. The van der Waals surface area contributed by atoms with Crippen LogP contribution in [0.4, 0.5) is 0 Å². The van der Waals surface area contributed by atoms with E-state index in [1.165, 1.54) is 12.7 Å². The SMILES string of the molecule is COC(=O)C[C@@H]1O[C@H](/C(C)=C/C=C/[C@@H](C)C[C@@]2(C)O[C@@H]2[C@H](C)[C@@H](OC)[C@@H](C)O)CC[C@H]1C. The van der Waals surface area contributed by atoms with Crippen LogP contribution in [0.25, 0.3) is 0 Å². The zero-order chi connectivity index (χ0) is 24.1. The van der Waals surface area contributed by atoms with Crippen LogP contribution >= 0.6 is 0 Å². The lowest BCUT2D eigenvalue weighted by molar-refractivity contribution is -0.148. The number of aliphatic hydroxyl groups excluding tert-OH is 1. The zero-order valence-corrected chi connectivity index (χ0v) is 21.2. The number of allylic oxidation sites excluding steroid dienone is 3. The lowest BCUT2D eigenvalue weighted by Crippen LogP contribution is -2.36. The third-order valence-electron chi connectivity index (χ3n) is 7.17. The summed E-state index contributed by atoms with van der Waals surface area (Å²) in [6, 6.07) is 0. The van der Waals surface area contributed by atoms with Crippen LogP contribution < -0.4 is 0 Å². The van der Waals surface area contributed by atoms with Gasteiger partial charge in [-0.05, 0) is 57.4 Å². The monoisotopic (exact) mass is 452 g/mol. The molecular weight excluding hydrogens is 408 g/mol. The van der Waals surface area contributed by atoms with E-state index in [0.717, 1.165) is 19.3 Å². The Balaban J connectivity index is 1.87. The predicted octanol–water partition coefficient (Wildman–Crippen LogP) is 4.45. The first-order valence-electron chi connectivity index (χ1n) is 12.0. The van der Waals surface area contributed by atoms with Gasteiger partial charge in [0.1, 0.15) is 0 Å². The summed E-state index contributed by atoms with van der Waals surface area (Å²) in [6.07, 6.45) is 8.99.